The van der Waals surface area contributed by atoms with E-state index in [0.717, 1.165) is 43.8 Å². The van der Waals surface area contributed by atoms with Crippen LogP contribution in [0.1, 0.15) is 55.6 Å². The van der Waals surface area contributed by atoms with E-state index in [1.54, 1.807) is 4.68 Å². The summed E-state index contributed by atoms with van der Waals surface area (Å²) in [5.41, 5.74) is 1.65. The Morgan fingerprint density at radius 1 is 1.57 bits per heavy atom. The van der Waals surface area contributed by atoms with Gasteiger partial charge in [0.05, 0.1) is 17.9 Å². The van der Waals surface area contributed by atoms with E-state index in [2.05, 4.69) is 18.9 Å². The number of aromatic nitrogens is 2. The highest BCUT2D eigenvalue weighted by Crippen LogP contribution is 2.27. The molecule has 0 saturated carbocycles. The summed E-state index contributed by atoms with van der Waals surface area (Å²) in [6.45, 7) is 9.36. The van der Waals surface area contributed by atoms with Crippen LogP contribution in [0.3, 0.4) is 0 Å². The Morgan fingerprint density at radius 3 is 2.90 bits per heavy atom. The molecule has 118 valence electrons. The van der Waals surface area contributed by atoms with Gasteiger partial charge in [0, 0.05) is 38.9 Å². The molecule has 1 fully saturated rings. The second-order valence-electron chi connectivity index (χ2n) is 6.02. The van der Waals surface area contributed by atoms with Gasteiger partial charge in [0.25, 0.3) is 5.91 Å². The Labute approximate surface area is 127 Å². The summed E-state index contributed by atoms with van der Waals surface area (Å²) < 4.78 is 7.20. The van der Waals surface area contributed by atoms with Crippen LogP contribution in [-0.2, 0) is 11.8 Å². The quantitative estimate of drug-likeness (QED) is 0.809. The van der Waals surface area contributed by atoms with Crippen molar-refractivity contribution >= 4 is 5.91 Å². The molecule has 21 heavy (non-hydrogen) atoms. The van der Waals surface area contributed by atoms with E-state index < -0.39 is 0 Å². The molecule has 1 saturated heterocycles. The van der Waals surface area contributed by atoms with E-state index in [4.69, 9.17) is 4.74 Å². The van der Waals surface area contributed by atoms with Crippen LogP contribution in [0.5, 0.6) is 0 Å². The van der Waals surface area contributed by atoms with Crippen LogP contribution < -0.4 is 0 Å². The first-order valence-electron chi connectivity index (χ1n) is 7.97. The third-order valence-corrected chi connectivity index (χ3v) is 4.30. The van der Waals surface area contributed by atoms with Crippen molar-refractivity contribution in [2.24, 2.45) is 13.0 Å². The van der Waals surface area contributed by atoms with Gasteiger partial charge in [-0.1, -0.05) is 20.3 Å². The number of nitrogens with zero attached hydrogens (tertiary/aromatic N) is 3. The number of hydrogen-bond donors (Lipinski definition) is 0. The highest BCUT2D eigenvalue weighted by Gasteiger charge is 2.28. The summed E-state index contributed by atoms with van der Waals surface area (Å²) in [7, 11) is 1.88. The molecule has 5 nitrogen and oxygen atoms in total. The molecule has 0 aromatic carbocycles. The van der Waals surface area contributed by atoms with Crippen molar-refractivity contribution in [2.75, 3.05) is 26.3 Å². The first-order chi connectivity index (χ1) is 10.1. The van der Waals surface area contributed by atoms with Crippen LogP contribution in [0.2, 0.25) is 0 Å². The van der Waals surface area contributed by atoms with Crippen LogP contribution in [-0.4, -0.2) is 46.9 Å². The van der Waals surface area contributed by atoms with Gasteiger partial charge in [-0.25, -0.2) is 0 Å². The van der Waals surface area contributed by atoms with E-state index in [-0.39, 0.29) is 11.8 Å². The third-order valence-electron chi connectivity index (χ3n) is 4.30. The summed E-state index contributed by atoms with van der Waals surface area (Å²) in [5, 5.41) is 4.52. The molecule has 1 aliphatic rings. The zero-order valence-electron chi connectivity index (χ0n) is 13.6. The van der Waals surface area contributed by atoms with E-state index in [1.165, 1.54) is 0 Å². The molecule has 1 aliphatic heterocycles. The zero-order chi connectivity index (χ0) is 15.4. The Bertz CT molecular complexity index is 478. The van der Waals surface area contributed by atoms with Crippen LogP contribution in [0.15, 0.2) is 6.20 Å². The van der Waals surface area contributed by atoms with Crippen LogP contribution >= 0.6 is 0 Å². The minimum atomic E-state index is 0.104. The maximum absolute atomic E-state index is 12.8. The smallest absolute Gasteiger partial charge is 0.257 e. The fourth-order valence-electron chi connectivity index (χ4n) is 2.75. The molecule has 0 spiro atoms. The lowest BCUT2D eigenvalue weighted by Gasteiger charge is -2.24. The first-order valence-corrected chi connectivity index (χ1v) is 7.97. The number of amides is 1. The summed E-state index contributed by atoms with van der Waals surface area (Å²) >= 11 is 0. The summed E-state index contributed by atoms with van der Waals surface area (Å²) in [6.07, 6.45) is 3.89. The van der Waals surface area contributed by atoms with Gasteiger partial charge in [0.1, 0.15) is 0 Å². The van der Waals surface area contributed by atoms with Crippen LogP contribution in [0, 0.1) is 5.92 Å². The molecule has 1 aromatic heterocycles. The van der Waals surface area contributed by atoms with Gasteiger partial charge in [-0.05, 0) is 19.3 Å². The SMILES string of the molecule is CC[C@@H](C)CN(CC)C(=O)c1cn(C)nc1[C@H]1CCOC1. The highest BCUT2D eigenvalue weighted by atomic mass is 16.5. The minimum Gasteiger partial charge on any atom is -0.381 e. The second-order valence-corrected chi connectivity index (χ2v) is 6.02. The maximum atomic E-state index is 12.8. The van der Waals surface area contributed by atoms with E-state index >= 15 is 0 Å². The molecule has 1 amide bonds. The predicted molar refractivity (Wildman–Crippen MR) is 82.4 cm³/mol. The monoisotopic (exact) mass is 293 g/mol. The molecule has 0 bridgehead atoms. The van der Waals surface area contributed by atoms with Gasteiger partial charge < -0.3 is 9.64 Å². The van der Waals surface area contributed by atoms with Gasteiger partial charge in [-0.3, -0.25) is 9.48 Å². The van der Waals surface area contributed by atoms with Crippen molar-refractivity contribution in [1.82, 2.24) is 14.7 Å². The Balaban J connectivity index is 2.20. The molecule has 0 unspecified atom stereocenters. The van der Waals surface area contributed by atoms with E-state index in [0.29, 0.717) is 12.5 Å². The number of carbonyl (C=O) groups excluding carboxylic acids is 1. The van der Waals surface area contributed by atoms with Crippen molar-refractivity contribution in [1.29, 1.82) is 0 Å². The normalized spacial score (nSPS) is 19.7. The number of ether oxygens (including phenoxy) is 1. The molecule has 2 heterocycles. The van der Waals surface area contributed by atoms with Gasteiger partial charge in [-0.2, -0.15) is 5.10 Å². The molecular weight excluding hydrogens is 266 g/mol. The largest absolute Gasteiger partial charge is 0.381 e. The molecule has 2 rings (SSSR count). The van der Waals surface area contributed by atoms with E-state index in [9.17, 15) is 4.79 Å². The average Bonchev–Trinajstić information content (AvgIpc) is 3.12. The molecule has 0 N–H and O–H groups in total. The predicted octanol–water partition coefficient (Wildman–Crippen LogP) is 2.43. The van der Waals surface area contributed by atoms with Crippen molar-refractivity contribution in [3.05, 3.63) is 17.5 Å². The molecule has 5 heteroatoms. The zero-order valence-corrected chi connectivity index (χ0v) is 13.6. The molecule has 0 aliphatic carbocycles. The molecule has 1 aromatic rings. The van der Waals surface area contributed by atoms with Crippen molar-refractivity contribution < 1.29 is 9.53 Å². The fourth-order valence-corrected chi connectivity index (χ4v) is 2.75. The third kappa shape index (κ3) is 3.64. The van der Waals surface area contributed by atoms with Crippen molar-refractivity contribution in [2.45, 2.75) is 39.5 Å². The van der Waals surface area contributed by atoms with Gasteiger partial charge >= 0.3 is 0 Å². The molecule has 0 radical (unpaired) electrons. The Kier molecular flexibility index (Phi) is 5.39. The van der Waals surface area contributed by atoms with E-state index in [1.807, 2.05) is 25.1 Å². The molecule has 2 atom stereocenters. The first kappa shape index (κ1) is 16.0. The lowest BCUT2D eigenvalue weighted by Crippen LogP contribution is -2.35. The van der Waals surface area contributed by atoms with Crippen molar-refractivity contribution in [3.8, 4) is 0 Å². The average molecular weight is 293 g/mol. The molecular formula is C16H27N3O2. The summed E-state index contributed by atoms with van der Waals surface area (Å²) in [6, 6.07) is 0. The van der Waals surface area contributed by atoms with Crippen molar-refractivity contribution in [3.63, 3.8) is 0 Å². The Morgan fingerprint density at radius 2 is 2.33 bits per heavy atom. The van der Waals surface area contributed by atoms with Gasteiger partial charge in [0.15, 0.2) is 0 Å². The minimum absolute atomic E-state index is 0.104. The Hall–Kier alpha value is -1.36. The number of aryl methyl sites for hydroxylation is 1. The fraction of sp³-hybridized carbons (Fsp3) is 0.750. The van der Waals surface area contributed by atoms with Crippen LogP contribution in [0.4, 0.5) is 0 Å². The lowest BCUT2D eigenvalue weighted by molar-refractivity contribution is 0.0739. The number of hydrogen-bond acceptors (Lipinski definition) is 3. The second kappa shape index (κ2) is 7.07. The highest BCUT2D eigenvalue weighted by molar-refractivity contribution is 5.95. The van der Waals surface area contributed by atoms with Gasteiger partial charge in [0.2, 0.25) is 0 Å². The van der Waals surface area contributed by atoms with Gasteiger partial charge in [-0.15, -0.1) is 0 Å². The number of carbonyl (C=O) groups is 1. The van der Waals surface area contributed by atoms with Crippen LogP contribution in [0.25, 0.3) is 0 Å². The standard InChI is InChI=1S/C16H27N3O2/c1-5-12(3)9-19(6-2)16(20)14-10-18(4)17-15(14)13-7-8-21-11-13/h10,12-13H,5-9,11H2,1-4H3/t12-,13+/m1/s1. The summed E-state index contributed by atoms with van der Waals surface area (Å²) in [5.74, 6) is 0.879. The number of rotatable bonds is 6. The summed E-state index contributed by atoms with van der Waals surface area (Å²) in [4.78, 5) is 14.8. The lowest BCUT2D eigenvalue weighted by atomic mass is 10.00. The topological polar surface area (TPSA) is 47.4 Å². The maximum Gasteiger partial charge on any atom is 0.257 e.